The standard InChI is InChI=1S/C16H15NO4/c1-3-4-5-6-11-9-13(18)16(21,15(11)20)12-7-8-17-10(2)14(12)19/h3-8,19,21H,1,9H2,2H3/b5-4-,11-6+. The fraction of sp³-hybridized carbons (Fsp3) is 0.188. The van der Waals surface area contributed by atoms with Crippen LogP contribution in [0.3, 0.4) is 0 Å². The number of ketones is 2. The first-order chi connectivity index (χ1) is 9.92. The van der Waals surface area contributed by atoms with Crippen molar-refractivity contribution >= 4 is 11.6 Å². The highest BCUT2D eigenvalue weighted by Gasteiger charge is 2.53. The van der Waals surface area contributed by atoms with Crippen molar-refractivity contribution < 1.29 is 19.8 Å². The number of pyridine rings is 1. The number of aryl methyl sites for hydroxylation is 1. The zero-order valence-electron chi connectivity index (χ0n) is 11.5. The molecule has 0 radical (unpaired) electrons. The van der Waals surface area contributed by atoms with Crippen LogP contribution in [-0.2, 0) is 15.2 Å². The predicted octanol–water partition coefficient (Wildman–Crippen LogP) is 1.49. The lowest BCUT2D eigenvalue weighted by Crippen LogP contribution is -2.38. The molecule has 2 rings (SSSR count). The van der Waals surface area contributed by atoms with Crippen LogP contribution in [-0.4, -0.2) is 26.8 Å². The van der Waals surface area contributed by atoms with Gasteiger partial charge in [0.05, 0.1) is 5.69 Å². The highest BCUT2D eigenvalue weighted by atomic mass is 16.3. The summed E-state index contributed by atoms with van der Waals surface area (Å²) < 4.78 is 0. The van der Waals surface area contributed by atoms with E-state index in [0.29, 0.717) is 0 Å². The van der Waals surface area contributed by atoms with Crippen LogP contribution in [0.2, 0.25) is 0 Å². The van der Waals surface area contributed by atoms with Gasteiger partial charge in [0.15, 0.2) is 5.78 Å². The maximum atomic E-state index is 12.4. The van der Waals surface area contributed by atoms with Crippen molar-refractivity contribution in [2.45, 2.75) is 18.9 Å². The van der Waals surface area contributed by atoms with Gasteiger partial charge in [-0.1, -0.05) is 30.9 Å². The molecule has 2 N–H and O–H groups in total. The average molecular weight is 285 g/mol. The number of carbonyl (C=O) groups excluding carboxylic acids is 2. The Morgan fingerprint density at radius 2 is 2.10 bits per heavy atom. The van der Waals surface area contributed by atoms with Crippen LogP contribution in [0.5, 0.6) is 5.75 Å². The summed E-state index contributed by atoms with van der Waals surface area (Å²) in [6.07, 6.45) is 7.32. The van der Waals surface area contributed by atoms with E-state index in [9.17, 15) is 19.8 Å². The smallest absolute Gasteiger partial charge is 0.215 e. The van der Waals surface area contributed by atoms with Gasteiger partial charge in [0.25, 0.3) is 0 Å². The van der Waals surface area contributed by atoms with Gasteiger partial charge >= 0.3 is 0 Å². The molecule has 5 nitrogen and oxygen atoms in total. The summed E-state index contributed by atoms with van der Waals surface area (Å²) >= 11 is 0. The van der Waals surface area contributed by atoms with E-state index in [1.807, 2.05) is 0 Å². The predicted molar refractivity (Wildman–Crippen MR) is 76.6 cm³/mol. The number of Topliss-reactive ketones (excluding diaryl/α,β-unsaturated/α-hetero) is 2. The molecule has 0 spiro atoms. The van der Waals surface area contributed by atoms with Crippen LogP contribution in [0.4, 0.5) is 0 Å². The third kappa shape index (κ3) is 2.32. The van der Waals surface area contributed by atoms with Crippen LogP contribution < -0.4 is 0 Å². The SMILES string of the molecule is C=C/C=C\C=C1/CC(=O)C(O)(c2ccnc(C)c2O)C1=O. The van der Waals surface area contributed by atoms with Crippen molar-refractivity contribution in [1.82, 2.24) is 4.98 Å². The highest BCUT2D eigenvalue weighted by molar-refractivity contribution is 6.25. The lowest BCUT2D eigenvalue weighted by atomic mass is 9.89. The van der Waals surface area contributed by atoms with E-state index in [2.05, 4.69) is 11.6 Å². The summed E-state index contributed by atoms with van der Waals surface area (Å²) in [5.74, 6) is -1.72. The van der Waals surface area contributed by atoms with Gasteiger partial charge < -0.3 is 10.2 Å². The van der Waals surface area contributed by atoms with Gasteiger partial charge in [0, 0.05) is 23.8 Å². The number of allylic oxidation sites excluding steroid dienone is 4. The summed E-state index contributed by atoms with van der Waals surface area (Å²) in [4.78, 5) is 28.3. The fourth-order valence-electron chi connectivity index (χ4n) is 2.25. The molecule has 108 valence electrons. The van der Waals surface area contributed by atoms with E-state index in [1.165, 1.54) is 31.3 Å². The van der Waals surface area contributed by atoms with Gasteiger partial charge in [-0.05, 0) is 13.0 Å². The van der Waals surface area contributed by atoms with Crippen LogP contribution in [0, 0.1) is 6.92 Å². The van der Waals surface area contributed by atoms with Crippen LogP contribution in [0.15, 0.2) is 48.7 Å². The largest absolute Gasteiger partial charge is 0.506 e. The molecule has 0 aliphatic heterocycles. The molecular formula is C16H15NO4. The number of aliphatic hydroxyl groups is 1. The summed E-state index contributed by atoms with van der Waals surface area (Å²) in [6, 6.07) is 1.28. The van der Waals surface area contributed by atoms with Gasteiger partial charge in [-0.15, -0.1) is 0 Å². The number of nitrogens with zero attached hydrogens (tertiary/aromatic N) is 1. The molecule has 1 saturated carbocycles. The van der Waals surface area contributed by atoms with Crippen molar-refractivity contribution in [3.63, 3.8) is 0 Å². The quantitative estimate of drug-likeness (QED) is 0.499. The maximum absolute atomic E-state index is 12.4. The Morgan fingerprint density at radius 3 is 2.76 bits per heavy atom. The molecule has 1 aromatic rings. The minimum absolute atomic E-state index is 0.124. The van der Waals surface area contributed by atoms with Gasteiger partial charge in [-0.2, -0.15) is 0 Å². The Bertz CT molecular complexity index is 688. The second kappa shape index (κ2) is 5.46. The number of aromatic hydroxyl groups is 1. The number of hydrogen-bond acceptors (Lipinski definition) is 5. The molecule has 1 aromatic heterocycles. The first kappa shape index (κ1) is 14.9. The Hall–Kier alpha value is -2.53. The molecule has 1 unspecified atom stereocenters. The van der Waals surface area contributed by atoms with Crippen LogP contribution >= 0.6 is 0 Å². The van der Waals surface area contributed by atoms with Gasteiger partial charge in [0.1, 0.15) is 5.75 Å². The molecule has 0 aromatic carbocycles. The number of rotatable bonds is 3. The normalized spacial score (nSPS) is 24.2. The highest BCUT2D eigenvalue weighted by Crippen LogP contribution is 2.40. The summed E-state index contributed by atoms with van der Waals surface area (Å²) in [5.41, 5.74) is -2.04. The molecule has 0 saturated heterocycles. The van der Waals surface area contributed by atoms with Crippen LogP contribution in [0.1, 0.15) is 17.7 Å². The monoisotopic (exact) mass is 285 g/mol. The van der Waals surface area contributed by atoms with Crippen molar-refractivity contribution in [2.75, 3.05) is 0 Å². The average Bonchev–Trinajstić information content (AvgIpc) is 2.67. The second-order valence-corrected chi connectivity index (χ2v) is 4.74. The van der Waals surface area contributed by atoms with E-state index in [4.69, 9.17) is 0 Å². The summed E-state index contributed by atoms with van der Waals surface area (Å²) in [7, 11) is 0. The minimum Gasteiger partial charge on any atom is -0.506 e. The number of carbonyl (C=O) groups is 2. The summed E-state index contributed by atoms with van der Waals surface area (Å²) in [5, 5.41) is 20.5. The van der Waals surface area contributed by atoms with Crippen molar-refractivity contribution in [3.8, 4) is 5.75 Å². The molecule has 0 amide bonds. The molecular weight excluding hydrogens is 270 g/mol. The molecule has 1 aliphatic carbocycles. The Labute approximate surface area is 122 Å². The maximum Gasteiger partial charge on any atom is 0.215 e. The van der Waals surface area contributed by atoms with E-state index >= 15 is 0 Å². The molecule has 1 aliphatic rings. The summed E-state index contributed by atoms with van der Waals surface area (Å²) in [6.45, 7) is 5.02. The molecule has 1 atom stereocenters. The topological polar surface area (TPSA) is 87.5 Å². The van der Waals surface area contributed by atoms with Gasteiger partial charge in [0.2, 0.25) is 11.4 Å². The van der Waals surface area contributed by atoms with Gasteiger partial charge in [-0.3, -0.25) is 14.6 Å². The van der Waals surface area contributed by atoms with E-state index in [1.54, 1.807) is 12.2 Å². The lowest BCUT2D eigenvalue weighted by Gasteiger charge is -2.20. The minimum atomic E-state index is -2.34. The van der Waals surface area contributed by atoms with E-state index in [0.717, 1.165) is 0 Å². The molecule has 5 heteroatoms. The third-order valence-electron chi connectivity index (χ3n) is 3.42. The lowest BCUT2D eigenvalue weighted by molar-refractivity contribution is -0.144. The molecule has 1 fully saturated rings. The molecule has 0 bridgehead atoms. The number of hydrogen-bond donors (Lipinski definition) is 2. The third-order valence-corrected chi connectivity index (χ3v) is 3.42. The van der Waals surface area contributed by atoms with Crippen LogP contribution in [0.25, 0.3) is 0 Å². The first-order valence-corrected chi connectivity index (χ1v) is 6.36. The zero-order chi connectivity index (χ0) is 15.6. The van der Waals surface area contributed by atoms with E-state index < -0.39 is 17.2 Å². The zero-order valence-corrected chi connectivity index (χ0v) is 11.5. The first-order valence-electron chi connectivity index (χ1n) is 6.36. The van der Waals surface area contributed by atoms with Crippen molar-refractivity contribution in [1.29, 1.82) is 0 Å². The Kier molecular flexibility index (Phi) is 3.86. The Morgan fingerprint density at radius 1 is 1.38 bits per heavy atom. The molecule has 1 heterocycles. The van der Waals surface area contributed by atoms with Crippen molar-refractivity contribution in [2.24, 2.45) is 0 Å². The fourth-order valence-corrected chi connectivity index (χ4v) is 2.25. The van der Waals surface area contributed by atoms with E-state index in [-0.39, 0.29) is 29.0 Å². The molecule has 21 heavy (non-hydrogen) atoms. The Balaban J connectivity index is 2.52. The second-order valence-electron chi connectivity index (χ2n) is 4.74. The number of aromatic nitrogens is 1. The van der Waals surface area contributed by atoms with Crippen molar-refractivity contribution in [3.05, 3.63) is 60.0 Å². The van der Waals surface area contributed by atoms with Gasteiger partial charge in [-0.25, -0.2) is 0 Å².